The Bertz CT molecular complexity index is 898. The van der Waals surface area contributed by atoms with Crippen molar-refractivity contribution in [1.29, 1.82) is 0 Å². The standard InChI is InChI=1S/C19H19BrClN3O4S/c1-2-9-27-15-8-7-12(10-13(15)20)18(26)22-19(29)24-23-17(25)11-28-16-6-4-3-5-14(16)21/h3-8,10H,2,9,11H2,1H3,(H,23,25)(H2,22,24,26,29). The number of hydrogen-bond acceptors (Lipinski definition) is 5. The Balaban J connectivity index is 1.78. The topological polar surface area (TPSA) is 88.7 Å². The highest BCUT2D eigenvalue weighted by Gasteiger charge is 2.12. The number of hydrogen-bond donors (Lipinski definition) is 3. The third-order valence-electron chi connectivity index (χ3n) is 3.39. The predicted molar refractivity (Wildman–Crippen MR) is 118 cm³/mol. The summed E-state index contributed by atoms with van der Waals surface area (Å²) in [5, 5.41) is 2.80. The maximum absolute atomic E-state index is 12.3. The maximum atomic E-state index is 12.3. The summed E-state index contributed by atoms with van der Waals surface area (Å²) >= 11 is 14.3. The van der Waals surface area contributed by atoms with Gasteiger partial charge in [0.15, 0.2) is 11.7 Å². The molecule has 2 aromatic rings. The van der Waals surface area contributed by atoms with E-state index in [1.807, 2.05) is 6.92 Å². The highest BCUT2D eigenvalue weighted by molar-refractivity contribution is 9.10. The van der Waals surface area contributed by atoms with E-state index in [0.29, 0.717) is 33.2 Å². The molecule has 10 heteroatoms. The molecule has 0 aliphatic heterocycles. The molecule has 0 bridgehead atoms. The monoisotopic (exact) mass is 499 g/mol. The van der Waals surface area contributed by atoms with Gasteiger partial charge < -0.3 is 9.47 Å². The van der Waals surface area contributed by atoms with Crippen LogP contribution in [0.3, 0.4) is 0 Å². The van der Waals surface area contributed by atoms with Crippen molar-refractivity contribution in [3.8, 4) is 11.5 Å². The van der Waals surface area contributed by atoms with E-state index in [0.717, 1.165) is 6.42 Å². The van der Waals surface area contributed by atoms with Gasteiger partial charge in [-0.15, -0.1) is 0 Å². The molecule has 0 fully saturated rings. The van der Waals surface area contributed by atoms with Crippen molar-refractivity contribution >= 4 is 56.7 Å². The molecule has 3 N–H and O–H groups in total. The van der Waals surface area contributed by atoms with Crippen LogP contribution in [0.4, 0.5) is 0 Å². The van der Waals surface area contributed by atoms with Crippen LogP contribution in [0, 0.1) is 0 Å². The van der Waals surface area contributed by atoms with Crippen LogP contribution in [0.1, 0.15) is 23.7 Å². The van der Waals surface area contributed by atoms with Crippen molar-refractivity contribution in [3.63, 3.8) is 0 Å². The van der Waals surface area contributed by atoms with Crippen molar-refractivity contribution in [2.45, 2.75) is 13.3 Å². The van der Waals surface area contributed by atoms with Crippen molar-refractivity contribution in [2.75, 3.05) is 13.2 Å². The minimum atomic E-state index is -0.498. The van der Waals surface area contributed by atoms with Gasteiger partial charge in [0, 0.05) is 5.56 Å². The van der Waals surface area contributed by atoms with Gasteiger partial charge in [0.1, 0.15) is 11.5 Å². The van der Waals surface area contributed by atoms with E-state index < -0.39 is 11.8 Å². The van der Waals surface area contributed by atoms with Crippen LogP contribution in [-0.2, 0) is 4.79 Å². The molecule has 154 valence electrons. The summed E-state index contributed by atoms with van der Waals surface area (Å²) in [6.45, 7) is 2.31. The van der Waals surface area contributed by atoms with Gasteiger partial charge in [-0.2, -0.15) is 0 Å². The fourth-order valence-corrected chi connectivity index (χ4v) is 2.87. The Kier molecular flexibility index (Phi) is 9.17. The fourth-order valence-electron chi connectivity index (χ4n) is 2.05. The lowest BCUT2D eigenvalue weighted by molar-refractivity contribution is -0.123. The average molecular weight is 501 g/mol. The van der Waals surface area contributed by atoms with E-state index in [9.17, 15) is 9.59 Å². The van der Waals surface area contributed by atoms with Crippen LogP contribution >= 0.6 is 39.7 Å². The zero-order valence-corrected chi connectivity index (χ0v) is 18.6. The number of halogens is 2. The number of ether oxygens (including phenoxy) is 2. The van der Waals surface area contributed by atoms with E-state index in [2.05, 4.69) is 32.1 Å². The summed E-state index contributed by atoms with van der Waals surface area (Å²) in [7, 11) is 0. The first kappa shape index (κ1) is 22.9. The lowest BCUT2D eigenvalue weighted by Gasteiger charge is -2.12. The third-order valence-corrected chi connectivity index (χ3v) is 4.53. The van der Waals surface area contributed by atoms with Crippen LogP contribution in [0.25, 0.3) is 0 Å². The largest absolute Gasteiger partial charge is 0.492 e. The molecule has 0 saturated heterocycles. The van der Waals surface area contributed by atoms with Crippen molar-refractivity contribution in [1.82, 2.24) is 16.2 Å². The first-order valence-corrected chi connectivity index (χ1v) is 10.2. The van der Waals surface area contributed by atoms with Crippen LogP contribution in [0.15, 0.2) is 46.9 Å². The second kappa shape index (κ2) is 11.6. The van der Waals surface area contributed by atoms with Gasteiger partial charge in [0.2, 0.25) is 0 Å². The molecule has 0 saturated carbocycles. The lowest BCUT2D eigenvalue weighted by Crippen LogP contribution is -2.49. The molecule has 0 unspecified atom stereocenters. The number of nitrogens with one attached hydrogen (secondary N) is 3. The van der Waals surface area contributed by atoms with Crippen molar-refractivity contribution < 1.29 is 19.1 Å². The highest BCUT2D eigenvalue weighted by Crippen LogP contribution is 2.26. The molecule has 2 amide bonds. The summed E-state index contributed by atoms with van der Waals surface area (Å²) in [5.41, 5.74) is 5.14. The summed E-state index contributed by atoms with van der Waals surface area (Å²) in [4.78, 5) is 24.1. The van der Waals surface area contributed by atoms with Gasteiger partial charge in [-0.3, -0.25) is 25.8 Å². The number of thiocarbonyl (C=S) groups is 1. The molecule has 0 radical (unpaired) electrons. The molecule has 0 atom stereocenters. The first-order valence-electron chi connectivity index (χ1n) is 8.60. The number of rotatable bonds is 7. The van der Waals surface area contributed by atoms with Crippen LogP contribution in [0.2, 0.25) is 5.02 Å². The Morgan fingerprint density at radius 2 is 1.86 bits per heavy atom. The number of amides is 2. The van der Waals surface area contributed by atoms with Gasteiger partial charge in [-0.25, -0.2) is 0 Å². The normalized spacial score (nSPS) is 10.0. The molecule has 0 aliphatic carbocycles. The van der Waals surface area contributed by atoms with E-state index in [1.165, 1.54) is 0 Å². The zero-order chi connectivity index (χ0) is 21.2. The number of carbonyl (C=O) groups excluding carboxylic acids is 2. The van der Waals surface area contributed by atoms with Crippen molar-refractivity contribution in [2.24, 2.45) is 0 Å². The molecule has 0 heterocycles. The first-order chi connectivity index (χ1) is 13.9. The van der Waals surface area contributed by atoms with Gasteiger partial charge in [0.25, 0.3) is 11.8 Å². The average Bonchev–Trinajstić information content (AvgIpc) is 2.70. The minimum Gasteiger partial charge on any atom is -0.492 e. The van der Waals surface area contributed by atoms with Gasteiger partial charge >= 0.3 is 0 Å². The van der Waals surface area contributed by atoms with Gasteiger partial charge in [-0.1, -0.05) is 30.7 Å². The molecule has 0 spiro atoms. The Labute approximate surface area is 187 Å². The van der Waals surface area contributed by atoms with E-state index in [4.69, 9.17) is 33.3 Å². The smallest absolute Gasteiger partial charge is 0.276 e. The molecule has 7 nitrogen and oxygen atoms in total. The third kappa shape index (κ3) is 7.52. The summed E-state index contributed by atoms with van der Waals surface area (Å²) in [6.07, 6.45) is 0.879. The quantitative estimate of drug-likeness (QED) is 0.398. The number of para-hydroxylation sites is 1. The second-order valence-corrected chi connectivity index (χ2v) is 7.34. The second-order valence-electron chi connectivity index (χ2n) is 5.67. The molecule has 2 rings (SSSR count). The lowest BCUT2D eigenvalue weighted by atomic mass is 10.2. The molecular formula is C19H19BrClN3O4S. The van der Waals surface area contributed by atoms with E-state index in [-0.39, 0.29) is 11.7 Å². The number of benzene rings is 2. The summed E-state index contributed by atoms with van der Waals surface area (Å²) in [5.74, 6) is 0.0977. The summed E-state index contributed by atoms with van der Waals surface area (Å²) < 4.78 is 11.5. The minimum absolute atomic E-state index is 0.0662. The molecule has 29 heavy (non-hydrogen) atoms. The zero-order valence-electron chi connectivity index (χ0n) is 15.5. The molecule has 0 aliphatic rings. The van der Waals surface area contributed by atoms with Gasteiger partial charge in [-0.05, 0) is 64.9 Å². The van der Waals surface area contributed by atoms with E-state index >= 15 is 0 Å². The molecular weight excluding hydrogens is 482 g/mol. The Hall–Kier alpha value is -2.36. The highest BCUT2D eigenvalue weighted by atomic mass is 79.9. The van der Waals surface area contributed by atoms with Gasteiger partial charge in [0.05, 0.1) is 16.1 Å². The molecule has 2 aromatic carbocycles. The van der Waals surface area contributed by atoms with Crippen molar-refractivity contribution in [3.05, 3.63) is 57.5 Å². The maximum Gasteiger partial charge on any atom is 0.276 e. The summed E-state index contributed by atoms with van der Waals surface area (Å²) in [6, 6.07) is 11.7. The SMILES string of the molecule is CCCOc1ccc(C(=O)NC(=S)NNC(=O)COc2ccccc2Cl)cc1Br. The Morgan fingerprint density at radius 1 is 1.10 bits per heavy atom. The van der Waals surface area contributed by atoms with Crippen LogP contribution in [0.5, 0.6) is 11.5 Å². The Morgan fingerprint density at radius 3 is 2.55 bits per heavy atom. The molecule has 0 aromatic heterocycles. The van der Waals surface area contributed by atoms with Crippen LogP contribution in [-0.4, -0.2) is 30.1 Å². The number of hydrazine groups is 1. The van der Waals surface area contributed by atoms with Crippen LogP contribution < -0.4 is 25.6 Å². The predicted octanol–water partition coefficient (Wildman–Crippen LogP) is 3.61. The number of carbonyl (C=O) groups is 2. The fraction of sp³-hybridized carbons (Fsp3) is 0.211. The van der Waals surface area contributed by atoms with E-state index in [1.54, 1.807) is 42.5 Å².